The van der Waals surface area contributed by atoms with Crippen LogP contribution in [-0.2, 0) is 9.59 Å². The summed E-state index contributed by atoms with van der Waals surface area (Å²) in [5, 5.41) is 5.58. The molecule has 0 saturated carbocycles. The zero-order valence-corrected chi connectivity index (χ0v) is 14.2. The van der Waals surface area contributed by atoms with E-state index >= 15 is 0 Å². The maximum atomic E-state index is 12.4. The van der Waals surface area contributed by atoms with Gasteiger partial charge in [-0.3, -0.25) is 14.5 Å². The van der Waals surface area contributed by atoms with Gasteiger partial charge >= 0.3 is 6.03 Å². The van der Waals surface area contributed by atoms with Gasteiger partial charge in [0.1, 0.15) is 12.1 Å². The Morgan fingerprint density at radius 3 is 2.36 bits per heavy atom. The molecular weight excluding hydrogens is 282 g/mol. The highest BCUT2D eigenvalue weighted by Gasteiger charge is 2.49. The summed E-state index contributed by atoms with van der Waals surface area (Å²) < 4.78 is 0. The Morgan fingerprint density at radius 2 is 1.86 bits per heavy atom. The molecule has 0 spiro atoms. The van der Waals surface area contributed by atoms with Crippen molar-refractivity contribution in [1.29, 1.82) is 0 Å². The number of rotatable bonds is 9. The standard InChI is InChI=1S/C16H29N3O3/c1-5-8-9-10-12(4)17-13(20)11-19-14(21)16(6-2,7-3)18-15(19)22/h12H,5-11H2,1-4H3,(H,17,20)(H,18,22). The molecule has 0 aromatic carbocycles. The van der Waals surface area contributed by atoms with Crippen LogP contribution in [0.5, 0.6) is 0 Å². The molecule has 0 bridgehead atoms. The summed E-state index contributed by atoms with van der Waals surface area (Å²) in [6.45, 7) is 7.60. The molecule has 0 aliphatic carbocycles. The number of hydrogen-bond acceptors (Lipinski definition) is 3. The molecule has 1 fully saturated rings. The number of unbranched alkanes of at least 4 members (excludes halogenated alkanes) is 2. The second-order valence-electron chi connectivity index (χ2n) is 6.08. The first-order valence-corrected chi connectivity index (χ1v) is 8.33. The smallest absolute Gasteiger partial charge is 0.325 e. The summed E-state index contributed by atoms with van der Waals surface area (Å²) in [6, 6.07) is -0.413. The molecule has 22 heavy (non-hydrogen) atoms. The first-order valence-electron chi connectivity index (χ1n) is 8.33. The summed E-state index contributed by atoms with van der Waals surface area (Å²) in [5.74, 6) is -0.577. The molecule has 1 rings (SSSR count). The molecule has 1 aliphatic rings. The molecule has 126 valence electrons. The summed E-state index contributed by atoms with van der Waals surface area (Å²) >= 11 is 0. The second-order valence-corrected chi connectivity index (χ2v) is 6.08. The lowest BCUT2D eigenvalue weighted by Gasteiger charge is -2.23. The van der Waals surface area contributed by atoms with Crippen LogP contribution < -0.4 is 10.6 Å². The van der Waals surface area contributed by atoms with E-state index in [1.165, 1.54) is 0 Å². The van der Waals surface area contributed by atoms with Gasteiger partial charge in [-0.15, -0.1) is 0 Å². The monoisotopic (exact) mass is 311 g/mol. The van der Waals surface area contributed by atoms with Crippen molar-refractivity contribution in [3.8, 4) is 0 Å². The molecule has 6 nitrogen and oxygen atoms in total. The van der Waals surface area contributed by atoms with E-state index < -0.39 is 11.6 Å². The molecule has 1 unspecified atom stereocenters. The van der Waals surface area contributed by atoms with E-state index in [0.717, 1.165) is 30.6 Å². The predicted octanol–water partition coefficient (Wildman–Crippen LogP) is 2.18. The lowest BCUT2D eigenvalue weighted by atomic mass is 9.93. The Morgan fingerprint density at radius 1 is 1.23 bits per heavy atom. The molecular formula is C16H29N3O3. The van der Waals surface area contributed by atoms with Crippen LogP contribution in [0, 0.1) is 0 Å². The Bertz CT molecular complexity index is 419. The summed E-state index contributed by atoms with van der Waals surface area (Å²) in [5.41, 5.74) is -0.843. The molecule has 6 heteroatoms. The summed E-state index contributed by atoms with van der Waals surface area (Å²) in [6.07, 6.45) is 5.31. The average Bonchev–Trinajstić information content (AvgIpc) is 2.72. The molecule has 4 amide bonds. The zero-order chi connectivity index (χ0) is 16.8. The fourth-order valence-corrected chi connectivity index (χ4v) is 2.79. The van der Waals surface area contributed by atoms with Crippen LogP contribution in [0.2, 0.25) is 0 Å². The third kappa shape index (κ3) is 4.21. The quantitative estimate of drug-likeness (QED) is 0.506. The third-order valence-corrected chi connectivity index (χ3v) is 4.40. The Hall–Kier alpha value is -1.59. The van der Waals surface area contributed by atoms with Crippen LogP contribution >= 0.6 is 0 Å². The zero-order valence-electron chi connectivity index (χ0n) is 14.2. The number of nitrogens with zero attached hydrogens (tertiary/aromatic N) is 1. The van der Waals surface area contributed by atoms with Crippen LogP contribution in [0.4, 0.5) is 4.79 Å². The summed E-state index contributed by atoms with van der Waals surface area (Å²) in [7, 11) is 0. The third-order valence-electron chi connectivity index (χ3n) is 4.40. The van der Waals surface area contributed by atoms with E-state index in [-0.39, 0.29) is 24.4 Å². The van der Waals surface area contributed by atoms with Crippen molar-refractivity contribution in [2.75, 3.05) is 6.54 Å². The van der Waals surface area contributed by atoms with Gasteiger partial charge < -0.3 is 10.6 Å². The number of carbonyl (C=O) groups is 3. The topological polar surface area (TPSA) is 78.5 Å². The summed E-state index contributed by atoms with van der Waals surface area (Å²) in [4.78, 5) is 37.4. The molecule has 1 aliphatic heterocycles. The molecule has 0 aromatic rings. The first kappa shape index (κ1) is 18.5. The number of carbonyl (C=O) groups excluding carboxylic acids is 3. The van der Waals surface area contributed by atoms with Crippen molar-refractivity contribution in [1.82, 2.24) is 15.5 Å². The highest BCUT2D eigenvalue weighted by Crippen LogP contribution is 2.24. The van der Waals surface area contributed by atoms with Gasteiger partial charge in [0, 0.05) is 6.04 Å². The van der Waals surface area contributed by atoms with Gasteiger partial charge in [-0.2, -0.15) is 0 Å². The van der Waals surface area contributed by atoms with Crippen molar-refractivity contribution in [2.24, 2.45) is 0 Å². The number of amides is 4. The van der Waals surface area contributed by atoms with Crippen LogP contribution in [0.3, 0.4) is 0 Å². The van der Waals surface area contributed by atoms with Crippen molar-refractivity contribution in [3.63, 3.8) is 0 Å². The number of hydrogen-bond donors (Lipinski definition) is 2. The SMILES string of the molecule is CCCCCC(C)NC(=O)CN1C(=O)NC(CC)(CC)C1=O. The minimum absolute atomic E-state index is 0.0573. The molecule has 1 saturated heterocycles. The maximum Gasteiger partial charge on any atom is 0.325 e. The van der Waals surface area contributed by atoms with E-state index in [1.807, 2.05) is 20.8 Å². The van der Waals surface area contributed by atoms with Crippen LogP contribution in [0.15, 0.2) is 0 Å². The fourth-order valence-electron chi connectivity index (χ4n) is 2.79. The Labute approximate surface area is 133 Å². The van der Waals surface area contributed by atoms with E-state index in [2.05, 4.69) is 17.6 Å². The van der Waals surface area contributed by atoms with Crippen LogP contribution in [0.1, 0.15) is 66.2 Å². The predicted molar refractivity (Wildman–Crippen MR) is 85.3 cm³/mol. The van der Waals surface area contributed by atoms with Crippen LogP contribution in [-0.4, -0.2) is 40.9 Å². The minimum Gasteiger partial charge on any atom is -0.352 e. The first-order chi connectivity index (χ1) is 10.4. The Kier molecular flexibility index (Phi) is 6.84. The largest absolute Gasteiger partial charge is 0.352 e. The van der Waals surface area contributed by atoms with Gasteiger partial charge in [0.2, 0.25) is 5.91 Å². The molecule has 0 radical (unpaired) electrons. The lowest BCUT2D eigenvalue weighted by molar-refractivity contribution is -0.135. The number of nitrogens with one attached hydrogen (secondary N) is 2. The van der Waals surface area contributed by atoms with Gasteiger partial charge in [0.05, 0.1) is 0 Å². The van der Waals surface area contributed by atoms with Gasteiger partial charge in [0.15, 0.2) is 0 Å². The molecule has 1 atom stereocenters. The number of imide groups is 1. The highest BCUT2D eigenvalue weighted by atomic mass is 16.2. The van der Waals surface area contributed by atoms with Crippen molar-refractivity contribution < 1.29 is 14.4 Å². The lowest BCUT2D eigenvalue weighted by Crippen LogP contribution is -2.47. The van der Waals surface area contributed by atoms with E-state index in [0.29, 0.717) is 12.8 Å². The van der Waals surface area contributed by atoms with Gasteiger partial charge in [0.25, 0.3) is 5.91 Å². The van der Waals surface area contributed by atoms with Crippen molar-refractivity contribution in [2.45, 2.75) is 77.8 Å². The van der Waals surface area contributed by atoms with Gasteiger partial charge in [-0.1, -0.05) is 40.0 Å². The van der Waals surface area contributed by atoms with Crippen LogP contribution in [0.25, 0.3) is 0 Å². The molecule has 2 N–H and O–H groups in total. The normalized spacial score (nSPS) is 18.3. The highest BCUT2D eigenvalue weighted by molar-refractivity contribution is 6.08. The maximum absolute atomic E-state index is 12.4. The Balaban J connectivity index is 2.54. The molecule has 1 heterocycles. The van der Waals surface area contributed by atoms with Crippen molar-refractivity contribution >= 4 is 17.8 Å². The van der Waals surface area contributed by atoms with E-state index in [1.54, 1.807) is 0 Å². The molecule has 0 aromatic heterocycles. The van der Waals surface area contributed by atoms with E-state index in [9.17, 15) is 14.4 Å². The fraction of sp³-hybridized carbons (Fsp3) is 0.812. The second kappa shape index (κ2) is 8.15. The average molecular weight is 311 g/mol. The van der Waals surface area contributed by atoms with E-state index in [4.69, 9.17) is 0 Å². The van der Waals surface area contributed by atoms with Gasteiger partial charge in [-0.05, 0) is 26.2 Å². The van der Waals surface area contributed by atoms with Crippen molar-refractivity contribution in [3.05, 3.63) is 0 Å². The van der Waals surface area contributed by atoms with Gasteiger partial charge in [-0.25, -0.2) is 4.79 Å². The minimum atomic E-state index is -0.843. The number of urea groups is 1.